The fraction of sp³-hybridized carbons (Fsp3) is 0.167. The molecule has 1 aliphatic rings. The molecule has 0 bridgehead atoms. The first-order chi connectivity index (χ1) is 7.18. The van der Waals surface area contributed by atoms with Crippen molar-refractivity contribution in [1.29, 1.82) is 0 Å². The molecule has 0 saturated heterocycles. The molecule has 1 aromatic rings. The molecule has 15 heavy (non-hydrogen) atoms. The van der Waals surface area contributed by atoms with E-state index in [2.05, 4.69) is 6.08 Å². The highest BCUT2D eigenvalue weighted by molar-refractivity contribution is 6.42. The summed E-state index contributed by atoms with van der Waals surface area (Å²) in [6.07, 6.45) is 6.05. The van der Waals surface area contributed by atoms with Crippen molar-refractivity contribution in [2.45, 2.75) is 12.8 Å². The number of halogens is 3. The van der Waals surface area contributed by atoms with Gasteiger partial charge in [-0.05, 0) is 36.1 Å². The molecular weight excluding hydrogens is 250 g/mol. The summed E-state index contributed by atoms with van der Waals surface area (Å²) in [5.74, 6) is 0. The predicted molar refractivity (Wildman–Crippen MR) is 67.6 cm³/mol. The Bertz CT molecular complexity index is 444. The third-order valence-electron chi connectivity index (χ3n) is 2.34. The predicted octanol–water partition coefficient (Wildman–Crippen LogP) is 5.29. The van der Waals surface area contributed by atoms with Crippen molar-refractivity contribution in [3.05, 3.63) is 51.0 Å². The Kier molecular flexibility index (Phi) is 3.40. The average Bonchev–Trinajstić information content (AvgIpc) is 2.23. The third-order valence-corrected chi connectivity index (χ3v) is 3.47. The Hall–Kier alpha value is -0.430. The highest BCUT2D eigenvalue weighted by atomic mass is 35.5. The Morgan fingerprint density at radius 1 is 1.00 bits per heavy atom. The maximum atomic E-state index is 6.16. The molecule has 0 radical (unpaired) electrons. The topological polar surface area (TPSA) is 0 Å². The number of allylic oxidation sites excluding steroid dienone is 4. The Balaban J connectivity index is 2.46. The molecule has 0 atom stereocenters. The summed E-state index contributed by atoms with van der Waals surface area (Å²) in [6.45, 7) is 0. The Morgan fingerprint density at radius 2 is 1.80 bits per heavy atom. The summed E-state index contributed by atoms with van der Waals surface area (Å²) in [6, 6.07) is 5.57. The van der Waals surface area contributed by atoms with Crippen LogP contribution in [0.2, 0.25) is 10.0 Å². The van der Waals surface area contributed by atoms with E-state index in [1.807, 2.05) is 18.2 Å². The van der Waals surface area contributed by atoms with Crippen LogP contribution in [-0.4, -0.2) is 0 Å². The molecule has 0 heterocycles. The normalized spacial score (nSPS) is 15.9. The molecule has 2 rings (SSSR count). The average molecular weight is 260 g/mol. The summed E-state index contributed by atoms with van der Waals surface area (Å²) in [5, 5.41) is 2.01. The van der Waals surface area contributed by atoms with Crippen molar-refractivity contribution in [2.24, 2.45) is 0 Å². The van der Waals surface area contributed by atoms with Gasteiger partial charge in [-0.15, -0.1) is 0 Å². The summed E-state index contributed by atoms with van der Waals surface area (Å²) in [7, 11) is 0. The van der Waals surface area contributed by atoms with Gasteiger partial charge in [0.15, 0.2) is 0 Å². The molecule has 0 unspecified atom stereocenters. The van der Waals surface area contributed by atoms with E-state index in [4.69, 9.17) is 34.8 Å². The van der Waals surface area contributed by atoms with Crippen molar-refractivity contribution < 1.29 is 0 Å². The maximum Gasteiger partial charge on any atom is 0.0598 e. The number of rotatable bonds is 1. The number of benzene rings is 1. The van der Waals surface area contributed by atoms with Crippen LogP contribution in [0.15, 0.2) is 35.4 Å². The van der Waals surface area contributed by atoms with E-state index in [9.17, 15) is 0 Å². The molecule has 1 aliphatic carbocycles. The lowest BCUT2D eigenvalue weighted by Gasteiger charge is -2.11. The fourth-order valence-electron chi connectivity index (χ4n) is 1.55. The highest BCUT2D eigenvalue weighted by Gasteiger charge is 2.09. The van der Waals surface area contributed by atoms with Crippen molar-refractivity contribution in [1.82, 2.24) is 0 Å². The van der Waals surface area contributed by atoms with E-state index < -0.39 is 0 Å². The molecule has 78 valence electrons. The summed E-state index contributed by atoms with van der Waals surface area (Å²) in [4.78, 5) is 0. The van der Waals surface area contributed by atoms with Gasteiger partial charge in [0.05, 0.1) is 10.0 Å². The lowest BCUT2D eigenvalue weighted by atomic mass is 9.99. The number of hydrogen-bond acceptors (Lipinski definition) is 0. The fourth-order valence-corrected chi connectivity index (χ4v) is 2.13. The molecule has 0 saturated carbocycles. The van der Waals surface area contributed by atoms with Gasteiger partial charge in [-0.3, -0.25) is 0 Å². The minimum absolute atomic E-state index is 0.560. The van der Waals surface area contributed by atoms with Crippen molar-refractivity contribution in [2.75, 3.05) is 0 Å². The van der Waals surface area contributed by atoms with Crippen LogP contribution in [0.1, 0.15) is 18.4 Å². The van der Waals surface area contributed by atoms with Crippen LogP contribution in [0.5, 0.6) is 0 Å². The standard InChI is InChI=1S/C12H9Cl3/c13-10-4-2-1-3-9(10)8-5-6-11(14)12(15)7-8/h1,3,5-7H,2,4H2. The van der Waals surface area contributed by atoms with E-state index in [1.54, 1.807) is 6.07 Å². The van der Waals surface area contributed by atoms with Crippen LogP contribution in [0.3, 0.4) is 0 Å². The smallest absolute Gasteiger partial charge is 0.0598 e. The lowest BCUT2D eigenvalue weighted by Crippen LogP contribution is -1.90. The van der Waals surface area contributed by atoms with E-state index in [0.717, 1.165) is 29.0 Å². The first kappa shape index (κ1) is 11.1. The van der Waals surface area contributed by atoms with Gasteiger partial charge < -0.3 is 0 Å². The molecule has 1 aromatic carbocycles. The number of hydrogen-bond donors (Lipinski definition) is 0. The second kappa shape index (κ2) is 4.61. The van der Waals surface area contributed by atoms with Crippen molar-refractivity contribution in [3.63, 3.8) is 0 Å². The third kappa shape index (κ3) is 2.39. The maximum absolute atomic E-state index is 6.16. The molecule has 0 fully saturated rings. The molecule has 0 amide bonds. The zero-order chi connectivity index (χ0) is 10.8. The van der Waals surface area contributed by atoms with Crippen LogP contribution in [-0.2, 0) is 0 Å². The first-order valence-corrected chi connectivity index (χ1v) is 5.82. The second-order valence-electron chi connectivity index (χ2n) is 3.39. The van der Waals surface area contributed by atoms with Gasteiger partial charge in [-0.2, -0.15) is 0 Å². The molecule has 0 aromatic heterocycles. The molecule has 0 nitrogen and oxygen atoms in total. The molecule has 0 aliphatic heterocycles. The van der Waals surface area contributed by atoms with Crippen LogP contribution in [0.25, 0.3) is 5.57 Å². The molecule has 0 N–H and O–H groups in total. The second-order valence-corrected chi connectivity index (χ2v) is 4.66. The molecule has 3 heteroatoms. The first-order valence-electron chi connectivity index (χ1n) is 4.69. The van der Waals surface area contributed by atoms with Crippen molar-refractivity contribution in [3.8, 4) is 0 Å². The quantitative estimate of drug-likeness (QED) is 0.642. The van der Waals surface area contributed by atoms with Gasteiger partial charge in [0.1, 0.15) is 0 Å². The summed E-state index contributed by atoms with van der Waals surface area (Å²) >= 11 is 18.0. The Labute approximate surface area is 104 Å². The van der Waals surface area contributed by atoms with Gasteiger partial charge >= 0.3 is 0 Å². The van der Waals surface area contributed by atoms with Gasteiger partial charge in [0.25, 0.3) is 0 Å². The Morgan fingerprint density at radius 3 is 2.47 bits per heavy atom. The monoisotopic (exact) mass is 258 g/mol. The van der Waals surface area contributed by atoms with E-state index in [0.29, 0.717) is 10.0 Å². The summed E-state index contributed by atoms with van der Waals surface area (Å²) < 4.78 is 0. The zero-order valence-electron chi connectivity index (χ0n) is 7.93. The largest absolute Gasteiger partial charge is 0.0885 e. The van der Waals surface area contributed by atoms with Crippen LogP contribution >= 0.6 is 34.8 Å². The van der Waals surface area contributed by atoms with Crippen LogP contribution in [0.4, 0.5) is 0 Å². The van der Waals surface area contributed by atoms with E-state index >= 15 is 0 Å². The van der Waals surface area contributed by atoms with Gasteiger partial charge in [-0.1, -0.05) is 53.0 Å². The van der Waals surface area contributed by atoms with Crippen LogP contribution < -0.4 is 0 Å². The molecule has 0 spiro atoms. The zero-order valence-corrected chi connectivity index (χ0v) is 10.2. The van der Waals surface area contributed by atoms with Gasteiger partial charge in [0.2, 0.25) is 0 Å². The van der Waals surface area contributed by atoms with E-state index in [1.165, 1.54) is 0 Å². The highest BCUT2D eigenvalue weighted by Crippen LogP contribution is 2.33. The van der Waals surface area contributed by atoms with Crippen molar-refractivity contribution >= 4 is 40.4 Å². The minimum Gasteiger partial charge on any atom is -0.0885 e. The SMILES string of the molecule is ClC1=C(c2ccc(Cl)c(Cl)c2)C=CCC1. The van der Waals surface area contributed by atoms with Crippen LogP contribution in [0, 0.1) is 0 Å². The summed E-state index contributed by atoms with van der Waals surface area (Å²) in [5.41, 5.74) is 2.06. The lowest BCUT2D eigenvalue weighted by molar-refractivity contribution is 1.02. The van der Waals surface area contributed by atoms with Gasteiger partial charge in [-0.25, -0.2) is 0 Å². The minimum atomic E-state index is 0.560. The van der Waals surface area contributed by atoms with E-state index in [-0.39, 0.29) is 0 Å². The van der Waals surface area contributed by atoms with Gasteiger partial charge in [0, 0.05) is 5.03 Å². The molecular formula is C12H9Cl3.